The van der Waals surface area contributed by atoms with E-state index in [4.69, 9.17) is 14.0 Å². The average Bonchev–Trinajstić information content (AvgIpc) is 2.82. The standard InChI is InChI=1S/C21H22N4O10S/c1-11(35-36(30,31)32)17(34-20(28)15(33-4)9-12-5-7-13(26)8-6-12)14-10-22-18-16(23-14)19(27)25(3)21(29)24(18)2/h5-11,17,26H,1-4H3,(H,30,31,32)/t11-,17+/m1/s1. The highest BCUT2D eigenvalue weighted by Crippen LogP contribution is 2.25. The monoisotopic (exact) mass is 522 g/mol. The van der Waals surface area contributed by atoms with Gasteiger partial charge in [0.25, 0.3) is 5.56 Å². The molecule has 0 unspecified atom stereocenters. The van der Waals surface area contributed by atoms with Crippen LogP contribution in [0.3, 0.4) is 0 Å². The lowest BCUT2D eigenvalue weighted by molar-refractivity contribution is -0.153. The first kappa shape index (κ1) is 26.5. The number of phenols is 1. The van der Waals surface area contributed by atoms with E-state index in [1.807, 2.05) is 0 Å². The molecule has 0 saturated carbocycles. The fourth-order valence-electron chi connectivity index (χ4n) is 3.22. The van der Waals surface area contributed by atoms with E-state index in [0.29, 0.717) is 5.56 Å². The van der Waals surface area contributed by atoms with Crippen LogP contribution in [0.1, 0.15) is 24.3 Å². The first-order chi connectivity index (χ1) is 16.8. The lowest BCUT2D eigenvalue weighted by Gasteiger charge is -2.23. The third-order valence-electron chi connectivity index (χ3n) is 5.01. The average molecular weight is 522 g/mol. The highest BCUT2D eigenvalue weighted by molar-refractivity contribution is 7.80. The quantitative estimate of drug-likeness (QED) is 0.177. The van der Waals surface area contributed by atoms with Crippen LogP contribution in [0.2, 0.25) is 0 Å². The summed E-state index contributed by atoms with van der Waals surface area (Å²) in [5.74, 6) is -1.38. The zero-order valence-electron chi connectivity index (χ0n) is 19.5. The van der Waals surface area contributed by atoms with Gasteiger partial charge < -0.3 is 14.6 Å². The van der Waals surface area contributed by atoms with E-state index in [9.17, 15) is 27.9 Å². The molecule has 0 bridgehead atoms. The Labute approximate surface area is 204 Å². The van der Waals surface area contributed by atoms with Crippen molar-refractivity contribution in [3.8, 4) is 5.75 Å². The first-order valence-electron chi connectivity index (χ1n) is 10.2. The molecule has 2 aromatic heterocycles. The zero-order valence-corrected chi connectivity index (χ0v) is 20.3. The number of hydrogen-bond acceptors (Lipinski definition) is 11. The van der Waals surface area contributed by atoms with Crippen LogP contribution in [0.15, 0.2) is 45.8 Å². The van der Waals surface area contributed by atoms with Gasteiger partial charge in [0, 0.05) is 14.1 Å². The van der Waals surface area contributed by atoms with E-state index < -0.39 is 39.8 Å². The van der Waals surface area contributed by atoms with Crippen LogP contribution in [-0.4, -0.2) is 56.4 Å². The van der Waals surface area contributed by atoms with Gasteiger partial charge in [0.15, 0.2) is 17.3 Å². The number of ether oxygens (including phenoxy) is 2. The molecular formula is C21H22N4O10S. The Morgan fingerprint density at radius 1 is 1.14 bits per heavy atom. The first-order valence-corrected chi connectivity index (χ1v) is 11.5. The number of carbonyl (C=O) groups is 1. The molecule has 1 aromatic carbocycles. The number of aromatic nitrogens is 4. The molecule has 15 heteroatoms. The highest BCUT2D eigenvalue weighted by Gasteiger charge is 2.32. The number of fused-ring (bicyclic) bond motifs is 1. The van der Waals surface area contributed by atoms with E-state index >= 15 is 0 Å². The molecular weight excluding hydrogens is 500 g/mol. The summed E-state index contributed by atoms with van der Waals surface area (Å²) in [6, 6.07) is 5.76. The number of rotatable bonds is 8. The number of phenolic OH excluding ortho intramolecular Hbond substituents is 1. The molecule has 36 heavy (non-hydrogen) atoms. The summed E-state index contributed by atoms with van der Waals surface area (Å²) in [5, 5.41) is 9.42. The van der Waals surface area contributed by atoms with Gasteiger partial charge in [-0.1, -0.05) is 12.1 Å². The fourth-order valence-corrected chi connectivity index (χ4v) is 3.70. The fraction of sp³-hybridized carbons (Fsp3) is 0.286. The minimum absolute atomic E-state index is 0.00321. The van der Waals surface area contributed by atoms with E-state index in [-0.39, 0.29) is 28.4 Å². The molecule has 3 rings (SSSR count). The molecule has 0 aliphatic carbocycles. The van der Waals surface area contributed by atoms with Gasteiger partial charge in [-0.2, -0.15) is 8.42 Å². The molecule has 2 N–H and O–H groups in total. The van der Waals surface area contributed by atoms with Gasteiger partial charge in [0.2, 0.25) is 5.76 Å². The van der Waals surface area contributed by atoms with Crippen LogP contribution in [0.5, 0.6) is 5.75 Å². The molecule has 3 aromatic rings. The largest absolute Gasteiger partial charge is 0.508 e. The second-order valence-electron chi connectivity index (χ2n) is 7.53. The summed E-state index contributed by atoms with van der Waals surface area (Å²) >= 11 is 0. The van der Waals surface area contributed by atoms with Crippen molar-refractivity contribution in [3.63, 3.8) is 0 Å². The summed E-state index contributed by atoms with van der Waals surface area (Å²) in [5.41, 5.74) is -1.50. The maximum Gasteiger partial charge on any atom is 0.397 e. The van der Waals surface area contributed by atoms with Crippen molar-refractivity contribution in [2.75, 3.05) is 7.11 Å². The van der Waals surface area contributed by atoms with Gasteiger partial charge in [0.1, 0.15) is 17.5 Å². The Hall–Kier alpha value is -4.08. The van der Waals surface area contributed by atoms with Crippen molar-refractivity contribution >= 4 is 33.6 Å². The molecule has 0 amide bonds. The van der Waals surface area contributed by atoms with Crippen LogP contribution in [0.25, 0.3) is 17.2 Å². The van der Waals surface area contributed by atoms with Crippen molar-refractivity contribution in [2.45, 2.75) is 19.1 Å². The second-order valence-corrected chi connectivity index (χ2v) is 8.58. The lowest BCUT2D eigenvalue weighted by atomic mass is 10.1. The molecule has 0 aliphatic rings. The van der Waals surface area contributed by atoms with Crippen LogP contribution in [0.4, 0.5) is 0 Å². The number of hydrogen-bond donors (Lipinski definition) is 2. The molecule has 14 nitrogen and oxygen atoms in total. The molecule has 192 valence electrons. The summed E-state index contributed by atoms with van der Waals surface area (Å²) in [6.45, 7) is 1.17. The van der Waals surface area contributed by atoms with Gasteiger partial charge in [-0.25, -0.2) is 23.7 Å². The molecule has 0 fully saturated rings. The van der Waals surface area contributed by atoms with Gasteiger partial charge >= 0.3 is 22.1 Å². The van der Waals surface area contributed by atoms with Crippen LogP contribution < -0.4 is 11.2 Å². The molecule has 0 aliphatic heterocycles. The van der Waals surface area contributed by atoms with Gasteiger partial charge in [-0.05, 0) is 30.7 Å². The van der Waals surface area contributed by atoms with Crippen molar-refractivity contribution in [1.82, 2.24) is 19.1 Å². The van der Waals surface area contributed by atoms with Crippen LogP contribution in [-0.2, 0) is 42.9 Å². The number of esters is 1. The maximum atomic E-state index is 12.9. The minimum atomic E-state index is -4.98. The van der Waals surface area contributed by atoms with Crippen LogP contribution in [0, 0.1) is 0 Å². The predicted octanol–water partition coefficient (Wildman–Crippen LogP) is 0.213. The third kappa shape index (κ3) is 5.76. The Kier molecular flexibility index (Phi) is 7.57. The summed E-state index contributed by atoms with van der Waals surface area (Å²) in [6.07, 6.45) is -0.764. The van der Waals surface area contributed by atoms with Crippen molar-refractivity contribution in [2.24, 2.45) is 14.1 Å². The summed E-state index contributed by atoms with van der Waals surface area (Å²) in [4.78, 5) is 45.8. The molecule has 2 heterocycles. The maximum absolute atomic E-state index is 12.9. The van der Waals surface area contributed by atoms with Crippen molar-refractivity contribution in [3.05, 3.63) is 68.3 Å². The number of methoxy groups -OCH3 is 1. The third-order valence-corrected chi connectivity index (χ3v) is 5.55. The smallest absolute Gasteiger partial charge is 0.397 e. The van der Waals surface area contributed by atoms with Gasteiger partial charge in [-0.15, -0.1) is 0 Å². The molecule has 0 radical (unpaired) electrons. The predicted molar refractivity (Wildman–Crippen MR) is 124 cm³/mol. The lowest BCUT2D eigenvalue weighted by Crippen LogP contribution is -2.38. The summed E-state index contributed by atoms with van der Waals surface area (Å²) < 4.78 is 48.7. The van der Waals surface area contributed by atoms with Crippen molar-refractivity contribution in [1.29, 1.82) is 0 Å². The van der Waals surface area contributed by atoms with Gasteiger partial charge in [-0.3, -0.25) is 18.5 Å². The van der Waals surface area contributed by atoms with E-state index in [1.165, 1.54) is 58.5 Å². The molecule has 0 saturated heterocycles. The molecule has 2 atom stereocenters. The zero-order chi connectivity index (χ0) is 26.8. The Morgan fingerprint density at radius 3 is 2.36 bits per heavy atom. The number of nitrogens with zero attached hydrogens (tertiary/aromatic N) is 4. The SMILES string of the molecule is COC(=Cc1ccc(O)cc1)C(=O)O[C@H](c1cnc2c(n1)c(=O)n(C)c(=O)n2C)[C@@H](C)OS(=O)(=O)O. The van der Waals surface area contributed by atoms with Crippen LogP contribution >= 0.6 is 0 Å². The topological polar surface area (TPSA) is 189 Å². The Bertz CT molecular complexity index is 1560. The van der Waals surface area contributed by atoms with Gasteiger partial charge in [0.05, 0.1) is 13.3 Å². The minimum Gasteiger partial charge on any atom is -0.508 e. The van der Waals surface area contributed by atoms with E-state index in [0.717, 1.165) is 15.3 Å². The number of carbonyl (C=O) groups excluding carboxylic acids is 1. The number of benzene rings is 1. The normalized spacial score (nSPS) is 13.9. The Morgan fingerprint density at radius 2 is 1.78 bits per heavy atom. The van der Waals surface area contributed by atoms with E-state index in [2.05, 4.69) is 14.2 Å². The van der Waals surface area contributed by atoms with Crippen molar-refractivity contribution < 1.29 is 36.5 Å². The van der Waals surface area contributed by atoms with E-state index in [1.54, 1.807) is 0 Å². The summed E-state index contributed by atoms with van der Waals surface area (Å²) in [7, 11) is -1.18. The number of aryl methyl sites for hydroxylation is 1. The number of aromatic hydroxyl groups is 1. The Balaban J connectivity index is 2.08. The highest BCUT2D eigenvalue weighted by atomic mass is 32.3. The molecule has 0 spiro atoms. The second kappa shape index (κ2) is 10.3.